The Bertz CT molecular complexity index is 950. The molecule has 0 unspecified atom stereocenters. The largest absolute Gasteiger partial charge is 0.373 e. The summed E-state index contributed by atoms with van der Waals surface area (Å²) in [5.41, 5.74) is 2.66. The molecular weight excluding hydrogens is 361 g/mol. The fraction of sp³-hybridized carbons (Fsp3) is 0.300. The van der Waals surface area contributed by atoms with Crippen molar-refractivity contribution in [3.8, 4) is 11.4 Å². The first-order valence-electron chi connectivity index (χ1n) is 9.00. The van der Waals surface area contributed by atoms with Crippen molar-refractivity contribution in [3.05, 3.63) is 54.1 Å². The predicted molar refractivity (Wildman–Crippen MR) is 109 cm³/mol. The molecule has 1 heterocycles. The molecule has 0 aliphatic rings. The molecular formula is C20H24N3O3P. The molecule has 7 heteroatoms. The summed E-state index contributed by atoms with van der Waals surface area (Å²) in [6.45, 7) is 4.33. The second kappa shape index (κ2) is 8.61. The van der Waals surface area contributed by atoms with Crippen molar-refractivity contribution in [1.82, 2.24) is 9.97 Å². The molecule has 1 aromatic heterocycles. The first-order chi connectivity index (χ1) is 13.1. The van der Waals surface area contributed by atoms with Gasteiger partial charge in [-0.25, -0.2) is 9.97 Å². The zero-order chi connectivity index (χ0) is 19.3. The topological polar surface area (TPSA) is 73.3 Å². The highest BCUT2D eigenvalue weighted by Crippen LogP contribution is 2.51. The van der Waals surface area contributed by atoms with Crippen molar-refractivity contribution in [3.63, 3.8) is 0 Å². The monoisotopic (exact) mass is 385 g/mol. The fourth-order valence-electron chi connectivity index (χ4n) is 2.90. The maximum Gasteiger partial charge on any atom is 0.335 e. The number of hydrogen-bond acceptors (Lipinski definition) is 6. The van der Waals surface area contributed by atoms with Gasteiger partial charge < -0.3 is 14.4 Å². The molecule has 0 aliphatic heterocycles. The molecule has 1 N–H and O–H groups in total. The second-order valence-electron chi connectivity index (χ2n) is 5.96. The molecule has 27 heavy (non-hydrogen) atoms. The Kier molecular flexibility index (Phi) is 6.22. The molecule has 6 nitrogen and oxygen atoms in total. The van der Waals surface area contributed by atoms with Crippen LogP contribution in [0.15, 0.2) is 48.5 Å². The maximum atomic E-state index is 12.7. The zero-order valence-corrected chi connectivity index (χ0v) is 16.7. The second-order valence-corrected chi connectivity index (χ2v) is 8.02. The van der Waals surface area contributed by atoms with Crippen molar-refractivity contribution in [2.75, 3.05) is 25.6 Å². The molecule has 2 aromatic carbocycles. The van der Waals surface area contributed by atoms with E-state index in [9.17, 15) is 4.57 Å². The summed E-state index contributed by atoms with van der Waals surface area (Å²) in [5, 5.41) is 4.11. The summed E-state index contributed by atoms with van der Waals surface area (Å²) in [5.74, 6) is 1.43. The minimum Gasteiger partial charge on any atom is -0.373 e. The van der Waals surface area contributed by atoms with Gasteiger partial charge >= 0.3 is 7.60 Å². The van der Waals surface area contributed by atoms with Gasteiger partial charge in [0.2, 0.25) is 0 Å². The lowest BCUT2D eigenvalue weighted by Gasteiger charge is -2.17. The summed E-state index contributed by atoms with van der Waals surface area (Å²) in [6, 6.07) is 15.6. The Hall–Kier alpha value is -2.27. The smallest absolute Gasteiger partial charge is 0.335 e. The minimum absolute atomic E-state index is 0.245. The highest BCUT2D eigenvalue weighted by molar-refractivity contribution is 7.53. The number of hydrogen-bond donors (Lipinski definition) is 1. The predicted octanol–water partition coefficient (Wildman–Crippen LogP) is 5.10. The van der Waals surface area contributed by atoms with E-state index >= 15 is 0 Å². The highest BCUT2D eigenvalue weighted by Gasteiger charge is 2.24. The van der Waals surface area contributed by atoms with Crippen LogP contribution in [0, 0.1) is 0 Å². The van der Waals surface area contributed by atoms with Gasteiger partial charge in [0.05, 0.1) is 24.9 Å². The van der Waals surface area contributed by atoms with Crippen LogP contribution in [0.4, 0.5) is 5.82 Å². The molecule has 142 valence electrons. The van der Waals surface area contributed by atoms with Crippen LogP contribution in [-0.2, 0) is 19.8 Å². The standard InChI is InChI=1S/C20H24N3O3P/c1-4-25-27(24,26-5-2)14-15-10-12-16(13-11-15)19-22-18-9-7-6-8-17(18)20(21-3)23-19/h6-13H,4-5,14H2,1-3H3,(H,21,22,23). The van der Waals surface area contributed by atoms with E-state index in [2.05, 4.69) is 15.3 Å². The Morgan fingerprint density at radius 1 is 0.963 bits per heavy atom. The zero-order valence-electron chi connectivity index (χ0n) is 15.8. The van der Waals surface area contributed by atoms with Gasteiger partial charge in [-0.3, -0.25) is 4.57 Å². The first kappa shape index (κ1) is 19.5. The fourth-order valence-corrected chi connectivity index (χ4v) is 4.60. The van der Waals surface area contributed by atoms with Gasteiger partial charge in [-0.2, -0.15) is 0 Å². The van der Waals surface area contributed by atoms with Crippen LogP contribution in [-0.4, -0.2) is 30.2 Å². The van der Waals surface area contributed by atoms with Crippen LogP contribution in [0.5, 0.6) is 0 Å². The Balaban J connectivity index is 1.89. The highest BCUT2D eigenvalue weighted by atomic mass is 31.2. The van der Waals surface area contributed by atoms with E-state index in [0.717, 1.165) is 27.8 Å². The van der Waals surface area contributed by atoms with Gasteiger partial charge in [0, 0.05) is 18.0 Å². The van der Waals surface area contributed by atoms with Crippen molar-refractivity contribution in [1.29, 1.82) is 0 Å². The molecule has 0 atom stereocenters. The summed E-state index contributed by atoms with van der Waals surface area (Å²) in [7, 11) is -1.27. The quantitative estimate of drug-likeness (QED) is 0.544. The van der Waals surface area contributed by atoms with E-state index in [1.807, 2.05) is 69.4 Å². The minimum atomic E-state index is -3.11. The molecule has 0 spiro atoms. The van der Waals surface area contributed by atoms with Gasteiger partial charge in [-0.05, 0) is 31.5 Å². The normalized spacial score (nSPS) is 11.7. The lowest BCUT2D eigenvalue weighted by atomic mass is 10.1. The van der Waals surface area contributed by atoms with Gasteiger partial charge in [0.1, 0.15) is 5.82 Å². The third kappa shape index (κ3) is 4.53. The summed E-state index contributed by atoms with van der Waals surface area (Å²) >= 11 is 0. The van der Waals surface area contributed by atoms with Crippen LogP contribution in [0.1, 0.15) is 19.4 Å². The van der Waals surface area contributed by atoms with E-state index in [1.54, 1.807) is 0 Å². The van der Waals surface area contributed by atoms with E-state index in [-0.39, 0.29) is 6.16 Å². The molecule has 3 aromatic rings. The van der Waals surface area contributed by atoms with Crippen LogP contribution in [0.2, 0.25) is 0 Å². The van der Waals surface area contributed by atoms with Crippen LogP contribution < -0.4 is 5.32 Å². The average molecular weight is 385 g/mol. The number of rotatable bonds is 8. The molecule has 0 radical (unpaired) electrons. The number of nitrogens with zero attached hydrogens (tertiary/aromatic N) is 2. The molecule has 3 rings (SSSR count). The first-order valence-corrected chi connectivity index (χ1v) is 10.7. The molecule has 0 bridgehead atoms. The third-order valence-corrected chi connectivity index (χ3v) is 6.14. The van der Waals surface area contributed by atoms with Gasteiger partial charge in [0.15, 0.2) is 5.82 Å². The van der Waals surface area contributed by atoms with Gasteiger partial charge in [-0.15, -0.1) is 0 Å². The Morgan fingerprint density at radius 2 is 1.63 bits per heavy atom. The lowest BCUT2D eigenvalue weighted by Crippen LogP contribution is -2.00. The van der Waals surface area contributed by atoms with Crippen molar-refractivity contribution in [2.24, 2.45) is 0 Å². The van der Waals surface area contributed by atoms with E-state index in [4.69, 9.17) is 9.05 Å². The van der Waals surface area contributed by atoms with Crippen LogP contribution in [0.3, 0.4) is 0 Å². The number of nitrogens with one attached hydrogen (secondary N) is 1. The summed E-state index contributed by atoms with van der Waals surface area (Å²) in [6.07, 6.45) is 0.245. The van der Waals surface area contributed by atoms with Gasteiger partial charge in [0.25, 0.3) is 0 Å². The van der Waals surface area contributed by atoms with Crippen LogP contribution in [0.25, 0.3) is 22.3 Å². The van der Waals surface area contributed by atoms with Crippen LogP contribution >= 0.6 is 7.60 Å². The lowest BCUT2D eigenvalue weighted by molar-refractivity contribution is 0.219. The van der Waals surface area contributed by atoms with Crippen molar-refractivity contribution < 1.29 is 13.6 Å². The number of aromatic nitrogens is 2. The van der Waals surface area contributed by atoms with E-state index in [0.29, 0.717) is 19.0 Å². The number of anilines is 1. The SMILES string of the molecule is CCOP(=O)(Cc1ccc(-c2nc(NC)c3ccccc3n2)cc1)OCC. The van der Waals surface area contributed by atoms with E-state index < -0.39 is 7.60 Å². The molecule has 0 aliphatic carbocycles. The molecule has 0 amide bonds. The van der Waals surface area contributed by atoms with Gasteiger partial charge in [-0.1, -0.05) is 36.4 Å². The number of benzene rings is 2. The third-order valence-electron chi connectivity index (χ3n) is 4.08. The van der Waals surface area contributed by atoms with Crippen molar-refractivity contribution in [2.45, 2.75) is 20.0 Å². The Morgan fingerprint density at radius 3 is 2.26 bits per heavy atom. The maximum absolute atomic E-state index is 12.7. The number of para-hydroxylation sites is 1. The number of fused-ring (bicyclic) bond motifs is 1. The summed E-state index contributed by atoms with van der Waals surface area (Å²) < 4.78 is 23.4. The summed E-state index contributed by atoms with van der Waals surface area (Å²) in [4.78, 5) is 9.29. The molecule has 0 saturated carbocycles. The molecule has 0 saturated heterocycles. The molecule has 0 fully saturated rings. The average Bonchev–Trinajstić information content (AvgIpc) is 2.68. The van der Waals surface area contributed by atoms with E-state index in [1.165, 1.54) is 0 Å². The Labute approximate surface area is 159 Å². The van der Waals surface area contributed by atoms with Crippen molar-refractivity contribution >= 4 is 24.3 Å².